The van der Waals surface area contributed by atoms with Crippen LogP contribution in [0.5, 0.6) is 0 Å². The van der Waals surface area contributed by atoms with Gasteiger partial charge in [0, 0.05) is 19.0 Å². The molecule has 0 aromatic heterocycles. The van der Waals surface area contributed by atoms with Crippen LogP contribution in [0, 0.1) is 0 Å². The molecule has 0 aliphatic carbocycles. The molecular formula is C14H28N2O. The summed E-state index contributed by atoms with van der Waals surface area (Å²) in [6.45, 7) is 4.23. The predicted molar refractivity (Wildman–Crippen MR) is 72.0 cm³/mol. The van der Waals surface area contributed by atoms with E-state index in [4.69, 9.17) is 0 Å². The van der Waals surface area contributed by atoms with Crippen LogP contribution in [0.1, 0.15) is 64.7 Å². The Morgan fingerprint density at radius 2 is 1.88 bits per heavy atom. The minimum absolute atomic E-state index is 0.243. The molecule has 1 saturated heterocycles. The van der Waals surface area contributed by atoms with E-state index >= 15 is 0 Å². The van der Waals surface area contributed by atoms with Gasteiger partial charge < -0.3 is 10.6 Å². The van der Waals surface area contributed by atoms with E-state index in [1.807, 2.05) is 0 Å². The first kappa shape index (κ1) is 14.5. The van der Waals surface area contributed by atoms with E-state index in [0.717, 1.165) is 25.9 Å². The molecule has 1 aliphatic rings. The Morgan fingerprint density at radius 1 is 1.18 bits per heavy atom. The highest BCUT2D eigenvalue weighted by molar-refractivity contribution is 5.76. The average Bonchev–Trinajstić information content (AvgIpc) is 2.80. The van der Waals surface area contributed by atoms with E-state index in [1.54, 1.807) is 0 Å². The molecule has 0 aromatic carbocycles. The molecule has 0 unspecified atom stereocenters. The zero-order valence-corrected chi connectivity index (χ0v) is 11.3. The fourth-order valence-corrected chi connectivity index (χ4v) is 2.32. The Balaban J connectivity index is 1.86. The molecule has 0 bridgehead atoms. The molecule has 0 spiro atoms. The second-order valence-corrected chi connectivity index (χ2v) is 5.13. The Kier molecular flexibility index (Phi) is 8.06. The molecule has 3 heteroatoms. The van der Waals surface area contributed by atoms with Crippen LogP contribution >= 0.6 is 0 Å². The van der Waals surface area contributed by atoms with Crippen LogP contribution in [-0.4, -0.2) is 25.0 Å². The van der Waals surface area contributed by atoms with Crippen molar-refractivity contribution >= 4 is 5.91 Å². The molecule has 2 N–H and O–H groups in total. The van der Waals surface area contributed by atoms with E-state index in [0.29, 0.717) is 12.5 Å². The molecule has 0 radical (unpaired) electrons. The van der Waals surface area contributed by atoms with Crippen LogP contribution in [-0.2, 0) is 4.79 Å². The normalized spacial score (nSPS) is 19.5. The van der Waals surface area contributed by atoms with Crippen molar-refractivity contribution in [2.75, 3.05) is 13.1 Å². The highest BCUT2D eigenvalue weighted by Gasteiger charge is 2.15. The molecule has 1 atom stereocenters. The van der Waals surface area contributed by atoms with Crippen LogP contribution < -0.4 is 10.6 Å². The fourth-order valence-electron chi connectivity index (χ4n) is 2.32. The van der Waals surface area contributed by atoms with Crippen molar-refractivity contribution in [3.8, 4) is 0 Å². The molecule has 1 heterocycles. The molecule has 1 amide bonds. The lowest BCUT2D eigenvalue weighted by Crippen LogP contribution is -2.35. The summed E-state index contributed by atoms with van der Waals surface area (Å²) in [5, 5.41) is 6.35. The third kappa shape index (κ3) is 7.37. The van der Waals surface area contributed by atoms with E-state index < -0.39 is 0 Å². The third-order valence-corrected chi connectivity index (χ3v) is 3.43. The third-order valence-electron chi connectivity index (χ3n) is 3.43. The Bertz CT molecular complexity index is 200. The molecule has 100 valence electrons. The van der Waals surface area contributed by atoms with Gasteiger partial charge in [-0.25, -0.2) is 0 Å². The summed E-state index contributed by atoms with van der Waals surface area (Å²) in [7, 11) is 0. The van der Waals surface area contributed by atoms with Gasteiger partial charge in [0.05, 0.1) is 0 Å². The van der Waals surface area contributed by atoms with Crippen LogP contribution in [0.4, 0.5) is 0 Å². The van der Waals surface area contributed by atoms with Crippen LogP contribution in [0.2, 0.25) is 0 Å². The first-order valence-corrected chi connectivity index (χ1v) is 7.33. The van der Waals surface area contributed by atoms with Crippen molar-refractivity contribution in [2.45, 2.75) is 70.8 Å². The van der Waals surface area contributed by atoms with Gasteiger partial charge in [-0.1, -0.05) is 45.4 Å². The lowest BCUT2D eigenvalue weighted by molar-refractivity contribution is -0.121. The standard InChI is InChI=1S/C14H28N2O/c1-2-3-4-5-6-7-8-9-14(17)16-13-10-11-15-12-13/h13,15H,2-12H2,1H3,(H,16,17)/t13-/m1/s1. The van der Waals surface area contributed by atoms with Gasteiger partial charge in [0.25, 0.3) is 0 Å². The summed E-state index contributed by atoms with van der Waals surface area (Å²) < 4.78 is 0. The number of hydrogen-bond acceptors (Lipinski definition) is 2. The minimum atomic E-state index is 0.243. The lowest BCUT2D eigenvalue weighted by atomic mass is 10.1. The number of carbonyl (C=O) groups is 1. The van der Waals surface area contributed by atoms with Gasteiger partial charge >= 0.3 is 0 Å². The highest BCUT2D eigenvalue weighted by Crippen LogP contribution is 2.08. The number of rotatable bonds is 9. The summed E-state index contributed by atoms with van der Waals surface area (Å²) >= 11 is 0. The lowest BCUT2D eigenvalue weighted by Gasteiger charge is -2.10. The van der Waals surface area contributed by atoms with Crippen molar-refractivity contribution in [1.82, 2.24) is 10.6 Å². The van der Waals surface area contributed by atoms with Gasteiger partial charge in [-0.2, -0.15) is 0 Å². The van der Waals surface area contributed by atoms with Gasteiger partial charge in [-0.05, 0) is 19.4 Å². The van der Waals surface area contributed by atoms with Crippen LogP contribution in [0.25, 0.3) is 0 Å². The molecule has 0 aromatic rings. The van der Waals surface area contributed by atoms with Crippen LogP contribution in [0.3, 0.4) is 0 Å². The number of amides is 1. The summed E-state index contributed by atoms with van der Waals surface area (Å²) in [6.07, 6.45) is 10.7. The quantitative estimate of drug-likeness (QED) is 0.608. The fraction of sp³-hybridized carbons (Fsp3) is 0.929. The van der Waals surface area contributed by atoms with Crippen LogP contribution in [0.15, 0.2) is 0 Å². The summed E-state index contributed by atoms with van der Waals surface area (Å²) in [5.74, 6) is 0.243. The maximum absolute atomic E-state index is 11.6. The molecule has 17 heavy (non-hydrogen) atoms. The summed E-state index contributed by atoms with van der Waals surface area (Å²) in [6, 6.07) is 0.382. The Hall–Kier alpha value is -0.570. The molecule has 1 aliphatic heterocycles. The number of nitrogens with one attached hydrogen (secondary N) is 2. The number of carbonyl (C=O) groups excluding carboxylic acids is 1. The van der Waals surface area contributed by atoms with E-state index in [9.17, 15) is 4.79 Å². The summed E-state index contributed by atoms with van der Waals surface area (Å²) in [5.41, 5.74) is 0. The SMILES string of the molecule is CCCCCCCCCC(=O)N[C@@H]1CCNC1. The van der Waals surface area contributed by atoms with Crippen molar-refractivity contribution in [1.29, 1.82) is 0 Å². The van der Waals surface area contributed by atoms with Gasteiger partial charge in [0.15, 0.2) is 0 Å². The van der Waals surface area contributed by atoms with Crippen molar-refractivity contribution in [3.05, 3.63) is 0 Å². The maximum Gasteiger partial charge on any atom is 0.220 e. The highest BCUT2D eigenvalue weighted by atomic mass is 16.1. The van der Waals surface area contributed by atoms with E-state index in [2.05, 4.69) is 17.6 Å². The smallest absolute Gasteiger partial charge is 0.220 e. The Labute approximate surface area is 106 Å². The topological polar surface area (TPSA) is 41.1 Å². The van der Waals surface area contributed by atoms with E-state index in [-0.39, 0.29) is 5.91 Å². The average molecular weight is 240 g/mol. The summed E-state index contributed by atoms with van der Waals surface area (Å²) in [4.78, 5) is 11.6. The van der Waals surface area contributed by atoms with Gasteiger partial charge in [0.1, 0.15) is 0 Å². The van der Waals surface area contributed by atoms with Gasteiger partial charge in [0.2, 0.25) is 5.91 Å². The largest absolute Gasteiger partial charge is 0.352 e. The minimum Gasteiger partial charge on any atom is -0.352 e. The van der Waals surface area contributed by atoms with Crippen molar-refractivity contribution < 1.29 is 4.79 Å². The Morgan fingerprint density at radius 3 is 2.53 bits per heavy atom. The zero-order chi connectivity index (χ0) is 12.3. The van der Waals surface area contributed by atoms with Gasteiger partial charge in [-0.3, -0.25) is 4.79 Å². The first-order chi connectivity index (χ1) is 8.33. The predicted octanol–water partition coefficient (Wildman–Crippen LogP) is 2.61. The maximum atomic E-state index is 11.6. The number of hydrogen-bond donors (Lipinski definition) is 2. The second-order valence-electron chi connectivity index (χ2n) is 5.13. The van der Waals surface area contributed by atoms with Gasteiger partial charge in [-0.15, -0.1) is 0 Å². The molecule has 0 saturated carbocycles. The second kappa shape index (κ2) is 9.46. The zero-order valence-electron chi connectivity index (χ0n) is 11.3. The van der Waals surface area contributed by atoms with Crippen molar-refractivity contribution in [2.24, 2.45) is 0 Å². The molecule has 1 rings (SSSR count). The number of unbranched alkanes of at least 4 members (excludes halogenated alkanes) is 6. The molecule has 1 fully saturated rings. The van der Waals surface area contributed by atoms with Crippen molar-refractivity contribution in [3.63, 3.8) is 0 Å². The molecular weight excluding hydrogens is 212 g/mol. The molecule has 3 nitrogen and oxygen atoms in total. The monoisotopic (exact) mass is 240 g/mol. The first-order valence-electron chi connectivity index (χ1n) is 7.33. The van der Waals surface area contributed by atoms with E-state index in [1.165, 1.54) is 38.5 Å².